The lowest BCUT2D eigenvalue weighted by Crippen LogP contribution is -2.33. The van der Waals surface area contributed by atoms with Crippen LogP contribution in [0.5, 0.6) is 11.5 Å². The SMILES string of the molecule is CCCCOc1ccc([C@@H]2Oc3ccc(Br)cc3[C@H]3CC(c4ccc(C)o4)=NN32)cc1. The van der Waals surface area contributed by atoms with Gasteiger partial charge >= 0.3 is 0 Å². The minimum atomic E-state index is -0.308. The zero-order chi connectivity index (χ0) is 21.4. The number of unbranched alkanes of at least 4 members (excludes halogenated alkanes) is 1. The van der Waals surface area contributed by atoms with Crippen LogP contribution in [0, 0.1) is 6.92 Å². The summed E-state index contributed by atoms with van der Waals surface area (Å²) in [7, 11) is 0. The molecule has 0 radical (unpaired) electrons. The highest BCUT2D eigenvalue weighted by atomic mass is 79.9. The van der Waals surface area contributed by atoms with Crippen LogP contribution < -0.4 is 9.47 Å². The van der Waals surface area contributed by atoms with Crippen LogP contribution >= 0.6 is 15.9 Å². The van der Waals surface area contributed by atoms with E-state index in [0.717, 1.165) is 70.2 Å². The number of fused-ring (bicyclic) bond motifs is 3. The van der Waals surface area contributed by atoms with Crippen molar-refractivity contribution in [2.75, 3.05) is 6.61 Å². The number of hydrogen-bond acceptors (Lipinski definition) is 5. The molecule has 3 aromatic rings. The molecule has 6 heteroatoms. The molecular formula is C25H25BrN2O3. The Hall–Kier alpha value is -2.73. The molecule has 0 saturated carbocycles. The average molecular weight is 481 g/mol. The molecule has 0 fully saturated rings. The first-order valence-corrected chi connectivity index (χ1v) is 11.5. The van der Waals surface area contributed by atoms with Crippen LogP contribution in [0.2, 0.25) is 0 Å². The third-order valence-electron chi connectivity index (χ3n) is 5.71. The molecule has 0 spiro atoms. The smallest absolute Gasteiger partial charge is 0.213 e. The minimum absolute atomic E-state index is 0.0899. The van der Waals surface area contributed by atoms with E-state index in [2.05, 4.69) is 46.1 Å². The van der Waals surface area contributed by atoms with Gasteiger partial charge in [0.1, 0.15) is 28.7 Å². The normalized spacial score (nSPS) is 19.5. The highest BCUT2D eigenvalue weighted by Crippen LogP contribution is 2.48. The Bertz CT molecular complexity index is 1110. The molecule has 5 rings (SSSR count). The van der Waals surface area contributed by atoms with Gasteiger partial charge in [-0.1, -0.05) is 29.3 Å². The summed E-state index contributed by atoms with van der Waals surface area (Å²) in [5.74, 6) is 3.48. The summed E-state index contributed by atoms with van der Waals surface area (Å²) in [6.07, 6.45) is 2.64. The van der Waals surface area contributed by atoms with Crippen LogP contribution in [0.3, 0.4) is 0 Å². The number of furan rings is 1. The quantitative estimate of drug-likeness (QED) is 0.365. The maximum Gasteiger partial charge on any atom is 0.213 e. The minimum Gasteiger partial charge on any atom is -0.494 e. The van der Waals surface area contributed by atoms with Crippen molar-refractivity contribution in [2.45, 2.75) is 45.4 Å². The number of hydrogen-bond donors (Lipinski definition) is 0. The molecule has 0 unspecified atom stereocenters. The van der Waals surface area contributed by atoms with Gasteiger partial charge in [0.2, 0.25) is 6.23 Å². The number of rotatable bonds is 6. The van der Waals surface area contributed by atoms with Crippen molar-refractivity contribution in [2.24, 2.45) is 5.10 Å². The summed E-state index contributed by atoms with van der Waals surface area (Å²) in [6.45, 7) is 4.85. The van der Waals surface area contributed by atoms with Gasteiger partial charge in [0.05, 0.1) is 12.6 Å². The van der Waals surface area contributed by atoms with Crippen molar-refractivity contribution in [3.8, 4) is 11.5 Å². The first kappa shape index (κ1) is 20.2. The lowest BCUT2D eigenvalue weighted by Gasteiger charge is -2.38. The predicted octanol–water partition coefficient (Wildman–Crippen LogP) is 6.77. The maximum atomic E-state index is 6.44. The number of benzene rings is 2. The van der Waals surface area contributed by atoms with E-state index in [1.165, 1.54) is 0 Å². The molecule has 1 aromatic heterocycles. The topological polar surface area (TPSA) is 47.2 Å². The zero-order valence-electron chi connectivity index (χ0n) is 17.7. The fraction of sp³-hybridized carbons (Fsp3) is 0.320. The van der Waals surface area contributed by atoms with Crippen LogP contribution in [0.4, 0.5) is 0 Å². The molecule has 2 atom stereocenters. The third-order valence-corrected chi connectivity index (χ3v) is 6.20. The number of halogens is 1. The van der Waals surface area contributed by atoms with Crippen LogP contribution in [-0.2, 0) is 0 Å². The highest BCUT2D eigenvalue weighted by molar-refractivity contribution is 9.10. The number of aryl methyl sites for hydroxylation is 1. The molecular weight excluding hydrogens is 456 g/mol. The van der Waals surface area contributed by atoms with E-state index in [4.69, 9.17) is 19.0 Å². The molecule has 3 heterocycles. The van der Waals surface area contributed by atoms with Crippen molar-refractivity contribution < 1.29 is 13.9 Å². The van der Waals surface area contributed by atoms with Crippen molar-refractivity contribution in [3.05, 3.63) is 81.7 Å². The summed E-state index contributed by atoms with van der Waals surface area (Å²) in [5, 5.41) is 7.01. The van der Waals surface area contributed by atoms with Gasteiger partial charge in [-0.3, -0.25) is 0 Å². The van der Waals surface area contributed by atoms with E-state index in [0.29, 0.717) is 0 Å². The maximum absolute atomic E-state index is 6.44. The van der Waals surface area contributed by atoms with Gasteiger partial charge in [0.25, 0.3) is 0 Å². The molecule has 0 bridgehead atoms. The molecule has 2 aliphatic rings. The van der Waals surface area contributed by atoms with E-state index in [1.54, 1.807) is 0 Å². The van der Waals surface area contributed by atoms with Crippen LogP contribution in [0.1, 0.15) is 61.1 Å². The fourth-order valence-corrected chi connectivity index (χ4v) is 4.46. The zero-order valence-corrected chi connectivity index (χ0v) is 19.3. The molecule has 0 N–H and O–H groups in total. The Morgan fingerprint density at radius 3 is 2.71 bits per heavy atom. The standard InChI is InChI=1S/C25H25BrN2O3/c1-3-4-13-29-19-9-6-17(7-10-19)25-28-22(20-14-18(26)8-12-23(20)31-25)15-21(27-28)24-11-5-16(2)30-24/h5-12,14,22,25H,3-4,13,15H2,1-2H3/t22-,25+/m1/s1. The first-order valence-electron chi connectivity index (χ1n) is 10.7. The van der Waals surface area contributed by atoms with Gasteiger partial charge in [-0.25, -0.2) is 5.01 Å². The van der Waals surface area contributed by atoms with E-state index in [1.807, 2.05) is 43.3 Å². The van der Waals surface area contributed by atoms with Crippen LogP contribution in [-0.4, -0.2) is 17.3 Å². The van der Waals surface area contributed by atoms with E-state index in [-0.39, 0.29) is 12.3 Å². The van der Waals surface area contributed by atoms with Gasteiger partial charge in [0.15, 0.2) is 0 Å². The van der Waals surface area contributed by atoms with Crippen molar-refractivity contribution >= 4 is 21.6 Å². The molecule has 0 aliphatic carbocycles. The van der Waals surface area contributed by atoms with Gasteiger partial charge in [-0.05, 0) is 67.9 Å². The third kappa shape index (κ3) is 3.97. The lowest BCUT2D eigenvalue weighted by molar-refractivity contribution is -0.0191. The second-order valence-electron chi connectivity index (χ2n) is 7.98. The molecule has 5 nitrogen and oxygen atoms in total. The van der Waals surface area contributed by atoms with Gasteiger partial charge < -0.3 is 13.9 Å². The molecule has 31 heavy (non-hydrogen) atoms. The van der Waals surface area contributed by atoms with Crippen molar-refractivity contribution in [3.63, 3.8) is 0 Å². The second kappa shape index (κ2) is 8.42. The molecule has 2 aliphatic heterocycles. The fourth-order valence-electron chi connectivity index (χ4n) is 4.08. The van der Waals surface area contributed by atoms with Crippen molar-refractivity contribution in [1.29, 1.82) is 0 Å². The van der Waals surface area contributed by atoms with Gasteiger partial charge in [-0.2, -0.15) is 5.10 Å². The van der Waals surface area contributed by atoms with Crippen LogP contribution in [0.15, 0.2) is 68.6 Å². The Morgan fingerprint density at radius 1 is 1.13 bits per heavy atom. The molecule has 0 amide bonds. The summed E-state index contributed by atoms with van der Waals surface area (Å²) in [5.41, 5.74) is 3.12. The Morgan fingerprint density at radius 2 is 1.97 bits per heavy atom. The first-order chi connectivity index (χ1) is 15.1. The summed E-state index contributed by atoms with van der Waals surface area (Å²) in [6, 6.07) is 18.4. The van der Waals surface area contributed by atoms with E-state index in [9.17, 15) is 0 Å². The lowest BCUT2D eigenvalue weighted by atomic mass is 9.97. The molecule has 2 aromatic carbocycles. The summed E-state index contributed by atoms with van der Waals surface area (Å²) >= 11 is 3.60. The van der Waals surface area contributed by atoms with Gasteiger partial charge in [-0.15, -0.1) is 0 Å². The summed E-state index contributed by atoms with van der Waals surface area (Å²) < 4.78 is 19.2. The van der Waals surface area contributed by atoms with E-state index >= 15 is 0 Å². The number of nitrogens with zero attached hydrogens (tertiary/aromatic N) is 2. The summed E-state index contributed by atoms with van der Waals surface area (Å²) in [4.78, 5) is 0. The Kier molecular flexibility index (Phi) is 5.48. The molecule has 160 valence electrons. The van der Waals surface area contributed by atoms with Crippen molar-refractivity contribution in [1.82, 2.24) is 5.01 Å². The van der Waals surface area contributed by atoms with Crippen LogP contribution in [0.25, 0.3) is 0 Å². The number of hydrazone groups is 1. The Labute approximate surface area is 190 Å². The van der Waals surface area contributed by atoms with Gasteiger partial charge in [0, 0.05) is 22.0 Å². The average Bonchev–Trinajstić information content (AvgIpc) is 3.41. The highest BCUT2D eigenvalue weighted by Gasteiger charge is 2.41. The Balaban J connectivity index is 1.48. The van der Waals surface area contributed by atoms with E-state index < -0.39 is 0 Å². The largest absolute Gasteiger partial charge is 0.494 e. The monoisotopic (exact) mass is 480 g/mol. The molecule has 0 saturated heterocycles. The number of ether oxygens (including phenoxy) is 2. The second-order valence-corrected chi connectivity index (χ2v) is 8.90. The predicted molar refractivity (Wildman–Crippen MR) is 124 cm³/mol.